The van der Waals surface area contributed by atoms with E-state index in [2.05, 4.69) is 20.2 Å². The normalized spacial score (nSPS) is 15.3. The minimum absolute atomic E-state index is 0.0544. The van der Waals surface area contributed by atoms with Crippen LogP contribution in [0.15, 0.2) is 30.3 Å². The van der Waals surface area contributed by atoms with Gasteiger partial charge in [0.25, 0.3) is 5.91 Å². The fourth-order valence-electron chi connectivity index (χ4n) is 3.16. The van der Waals surface area contributed by atoms with E-state index in [-0.39, 0.29) is 11.4 Å². The number of amides is 1. The van der Waals surface area contributed by atoms with Gasteiger partial charge in [-0.2, -0.15) is 13.2 Å². The highest BCUT2D eigenvalue weighted by atomic mass is 19.4. The Morgan fingerprint density at radius 3 is 2.41 bits per heavy atom. The van der Waals surface area contributed by atoms with Gasteiger partial charge in [0.05, 0.1) is 11.3 Å². The Bertz CT molecular complexity index is 815. The third-order valence-electron chi connectivity index (χ3n) is 4.47. The first kappa shape index (κ1) is 19.1. The van der Waals surface area contributed by atoms with Gasteiger partial charge in [-0.05, 0) is 31.9 Å². The van der Waals surface area contributed by atoms with Crippen LogP contribution in [0.4, 0.5) is 24.7 Å². The van der Waals surface area contributed by atoms with Gasteiger partial charge in [0, 0.05) is 19.2 Å². The molecule has 0 aliphatic carbocycles. The van der Waals surface area contributed by atoms with Crippen molar-refractivity contribution in [2.45, 2.75) is 38.8 Å². The molecule has 5 nitrogen and oxygen atoms in total. The summed E-state index contributed by atoms with van der Waals surface area (Å²) in [5, 5.41) is 2.34. The molecular weight excluding hydrogens is 357 g/mol. The topological polar surface area (TPSA) is 58.1 Å². The van der Waals surface area contributed by atoms with Crippen molar-refractivity contribution < 1.29 is 18.0 Å². The average Bonchev–Trinajstić information content (AvgIpc) is 2.90. The minimum Gasteiger partial charge on any atom is -0.356 e. The molecule has 144 valence electrons. The second-order valence-electron chi connectivity index (χ2n) is 6.56. The maximum atomic E-state index is 13.1. The van der Waals surface area contributed by atoms with Crippen molar-refractivity contribution in [3.63, 3.8) is 0 Å². The number of alkyl halides is 3. The van der Waals surface area contributed by atoms with E-state index in [1.807, 2.05) is 0 Å². The molecule has 0 saturated carbocycles. The quantitative estimate of drug-likeness (QED) is 0.858. The third kappa shape index (κ3) is 4.75. The number of carbonyl (C=O) groups excluding carboxylic acids is 1. The first-order valence-electron chi connectivity index (χ1n) is 8.93. The van der Waals surface area contributed by atoms with Crippen LogP contribution < -0.4 is 10.2 Å². The van der Waals surface area contributed by atoms with Gasteiger partial charge in [0.1, 0.15) is 17.3 Å². The van der Waals surface area contributed by atoms with Gasteiger partial charge in [-0.1, -0.05) is 25.0 Å². The van der Waals surface area contributed by atoms with Gasteiger partial charge >= 0.3 is 6.18 Å². The van der Waals surface area contributed by atoms with Gasteiger partial charge < -0.3 is 10.2 Å². The summed E-state index contributed by atoms with van der Waals surface area (Å²) in [4.78, 5) is 23.2. The van der Waals surface area contributed by atoms with E-state index in [9.17, 15) is 18.0 Å². The molecule has 0 unspecified atom stereocenters. The van der Waals surface area contributed by atoms with Crippen LogP contribution in [0.5, 0.6) is 0 Å². The summed E-state index contributed by atoms with van der Waals surface area (Å²) < 4.78 is 39.4. The van der Waals surface area contributed by atoms with Crippen molar-refractivity contribution in [3.8, 4) is 0 Å². The summed E-state index contributed by atoms with van der Waals surface area (Å²) in [5.41, 5.74) is -1.13. The van der Waals surface area contributed by atoms with Crippen LogP contribution in [0.2, 0.25) is 0 Å². The van der Waals surface area contributed by atoms with Crippen molar-refractivity contribution in [2.24, 2.45) is 0 Å². The molecule has 0 atom stereocenters. The number of hydrogen-bond donors (Lipinski definition) is 1. The van der Waals surface area contributed by atoms with Gasteiger partial charge in [0.2, 0.25) is 0 Å². The predicted molar refractivity (Wildman–Crippen MR) is 96.8 cm³/mol. The molecule has 1 saturated heterocycles. The zero-order valence-electron chi connectivity index (χ0n) is 15.0. The number of nitrogens with one attached hydrogen (secondary N) is 1. The summed E-state index contributed by atoms with van der Waals surface area (Å²) in [6, 6.07) is 6.43. The van der Waals surface area contributed by atoms with Crippen LogP contribution in [0.3, 0.4) is 0 Å². The molecule has 0 radical (unpaired) electrons. The van der Waals surface area contributed by atoms with Gasteiger partial charge in [-0.3, -0.25) is 4.79 Å². The molecule has 1 aliphatic rings. The van der Waals surface area contributed by atoms with Crippen molar-refractivity contribution in [2.75, 3.05) is 23.3 Å². The molecule has 3 rings (SSSR count). The Hall–Kier alpha value is -2.64. The number of hydrogen-bond acceptors (Lipinski definition) is 4. The van der Waals surface area contributed by atoms with Crippen LogP contribution in [-0.4, -0.2) is 29.0 Å². The van der Waals surface area contributed by atoms with E-state index in [1.165, 1.54) is 18.2 Å². The monoisotopic (exact) mass is 378 g/mol. The van der Waals surface area contributed by atoms with E-state index in [1.54, 1.807) is 13.0 Å². The number of aromatic nitrogens is 2. The molecule has 1 fully saturated rings. The van der Waals surface area contributed by atoms with Crippen LogP contribution in [-0.2, 0) is 6.18 Å². The number of rotatable bonds is 3. The third-order valence-corrected chi connectivity index (χ3v) is 4.47. The predicted octanol–water partition coefficient (Wildman–Crippen LogP) is 4.44. The largest absolute Gasteiger partial charge is 0.418 e. The summed E-state index contributed by atoms with van der Waals surface area (Å²) in [5.74, 6) is 0.359. The lowest BCUT2D eigenvalue weighted by Crippen LogP contribution is -2.26. The number of para-hydroxylation sites is 1. The molecule has 1 amide bonds. The highest BCUT2D eigenvalue weighted by molar-refractivity contribution is 6.03. The highest BCUT2D eigenvalue weighted by Crippen LogP contribution is 2.34. The zero-order valence-corrected chi connectivity index (χ0v) is 15.0. The van der Waals surface area contributed by atoms with E-state index in [0.717, 1.165) is 44.8 Å². The Morgan fingerprint density at radius 1 is 1.07 bits per heavy atom. The standard InChI is InChI=1S/C19H21F3N4O/c1-13-23-16(12-17(24-13)26-10-6-2-3-7-11-26)18(27)25-15-9-5-4-8-14(15)19(20,21)22/h4-5,8-9,12H,2-3,6-7,10-11H2,1H3,(H,25,27). The van der Waals surface area contributed by atoms with Crippen molar-refractivity contribution in [1.29, 1.82) is 0 Å². The second-order valence-corrected chi connectivity index (χ2v) is 6.56. The maximum Gasteiger partial charge on any atom is 0.418 e. The smallest absolute Gasteiger partial charge is 0.356 e. The van der Waals surface area contributed by atoms with Crippen LogP contribution in [0, 0.1) is 6.92 Å². The van der Waals surface area contributed by atoms with E-state index in [4.69, 9.17) is 0 Å². The number of anilines is 2. The molecule has 0 spiro atoms. The molecule has 27 heavy (non-hydrogen) atoms. The number of aryl methyl sites for hydroxylation is 1. The van der Waals surface area contributed by atoms with Gasteiger partial charge in [0.15, 0.2) is 0 Å². The zero-order chi connectivity index (χ0) is 19.4. The molecule has 1 aliphatic heterocycles. The van der Waals surface area contributed by atoms with Gasteiger partial charge in [-0.15, -0.1) is 0 Å². The number of nitrogens with zero attached hydrogens (tertiary/aromatic N) is 3. The molecule has 2 aromatic rings. The molecule has 1 aromatic carbocycles. The SMILES string of the molecule is Cc1nc(C(=O)Nc2ccccc2C(F)(F)F)cc(N2CCCCCC2)n1. The van der Waals surface area contributed by atoms with Crippen molar-refractivity contribution in [1.82, 2.24) is 9.97 Å². The summed E-state index contributed by atoms with van der Waals surface area (Å²) in [6.45, 7) is 3.35. The molecule has 1 N–H and O–H groups in total. The van der Waals surface area contributed by atoms with Crippen LogP contribution in [0.1, 0.15) is 47.6 Å². The number of benzene rings is 1. The molecule has 0 bridgehead atoms. The van der Waals surface area contributed by atoms with Crippen LogP contribution >= 0.6 is 0 Å². The first-order valence-corrected chi connectivity index (χ1v) is 8.93. The minimum atomic E-state index is -4.55. The fourth-order valence-corrected chi connectivity index (χ4v) is 3.16. The Labute approximate surface area is 155 Å². The summed E-state index contributed by atoms with van der Waals surface area (Å²) in [7, 11) is 0. The van der Waals surface area contributed by atoms with Gasteiger partial charge in [-0.25, -0.2) is 9.97 Å². The van der Waals surface area contributed by atoms with Crippen molar-refractivity contribution in [3.05, 3.63) is 47.4 Å². The number of carbonyl (C=O) groups is 1. The van der Waals surface area contributed by atoms with Crippen molar-refractivity contribution >= 4 is 17.4 Å². The number of halogens is 3. The molecule has 2 heterocycles. The Balaban J connectivity index is 1.85. The van der Waals surface area contributed by atoms with E-state index < -0.39 is 17.6 Å². The molecule has 8 heteroatoms. The lowest BCUT2D eigenvalue weighted by molar-refractivity contribution is -0.136. The highest BCUT2D eigenvalue weighted by Gasteiger charge is 2.33. The maximum absolute atomic E-state index is 13.1. The fraction of sp³-hybridized carbons (Fsp3) is 0.421. The lowest BCUT2D eigenvalue weighted by Gasteiger charge is -2.22. The van der Waals surface area contributed by atoms with E-state index >= 15 is 0 Å². The Kier molecular flexibility index (Phi) is 5.62. The average molecular weight is 378 g/mol. The first-order chi connectivity index (χ1) is 12.8. The second kappa shape index (κ2) is 7.94. The lowest BCUT2D eigenvalue weighted by atomic mass is 10.1. The molecular formula is C19H21F3N4O. The van der Waals surface area contributed by atoms with Crippen LogP contribution in [0.25, 0.3) is 0 Å². The summed E-state index contributed by atoms with van der Waals surface area (Å²) in [6.07, 6.45) is -0.153. The van der Waals surface area contributed by atoms with E-state index in [0.29, 0.717) is 11.6 Å². The molecule has 1 aromatic heterocycles. The summed E-state index contributed by atoms with van der Waals surface area (Å²) >= 11 is 0. The Morgan fingerprint density at radius 2 is 1.74 bits per heavy atom.